The molecule has 4 nitrogen and oxygen atoms in total. The lowest BCUT2D eigenvalue weighted by Crippen LogP contribution is -2.23. The predicted molar refractivity (Wildman–Crippen MR) is 102 cm³/mol. The summed E-state index contributed by atoms with van der Waals surface area (Å²) >= 11 is 7.35. The van der Waals surface area contributed by atoms with Crippen molar-refractivity contribution in [1.82, 2.24) is 14.6 Å². The molecule has 0 aliphatic heterocycles. The van der Waals surface area contributed by atoms with E-state index in [1.807, 2.05) is 30.3 Å². The summed E-state index contributed by atoms with van der Waals surface area (Å²) < 4.78 is 1.98. The average Bonchev–Trinajstić information content (AvgIpc) is 3.16. The molecule has 4 aromatic rings. The van der Waals surface area contributed by atoms with E-state index in [0.717, 1.165) is 17.5 Å². The normalized spacial score (nSPS) is 12.2. The second kappa shape index (κ2) is 6.43. The predicted octanol–water partition coefficient (Wildman–Crippen LogP) is 3.58. The van der Waals surface area contributed by atoms with Gasteiger partial charge in [-0.05, 0) is 35.8 Å². The van der Waals surface area contributed by atoms with Crippen LogP contribution in [0.5, 0.6) is 0 Å². The van der Waals surface area contributed by atoms with Crippen molar-refractivity contribution in [2.75, 3.05) is 0 Å². The molecule has 2 heterocycles. The number of hydrogen-bond donors (Lipinski definition) is 0. The summed E-state index contributed by atoms with van der Waals surface area (Å²) in [6, 6.07) is 15.5. The van der Waals surface area contributed by atoms with E-state index in [1.54, 1.807) is 12.1 Å². The van der Waals surface area contributed by atoms with Crippen LogP contribution in [-0.2, 0) is 6.42 Å². The van der Waals surface area contributed by atoms with E-state index in [4.69, 9.17) is 11.6 Å². The molecule has 0 aliphatic rings. The highest BCUT2D eigenvalue weighted by Gasteiger charge is 2.12. The van der Waals surface area contributed by atoms with Crippen molar-refractivity contribution in [3.8, 4) is 11.4 Å². The summed E-state index contributed by atoms with van der Waals surface area (Å²) in [6.07, 6.45) is 2.87. The zero-order valence-electron chi connectivity index (χ0n) is 13.4. The van der Waals surface area contributed by atoms with Crippen molar-refractivity contribution in [2.24, 2.45) is 0 Å². The van der Waals surface area contributed by atoms with Gasteiger partial charge in [0.15, 0.2) is 5.82 Å². The summed E-state index contributed by atoms with van der Waals surface area (Å²) in [4.78, 5) is 17.6. The van der Waals surface area contributed by atoms with E-state index in [2.05, 4.69) is 29.1 Å². The molecule has 0 atom stereocenters. The van der Waals surface area contributed by atoms with Crippen molar-refractivity contribution in [2.45, 2.75) is 13.3 Å². The van der Waals surface area contributed by atoms with E-state index in [-0.39, 0.29) is 5.56 Å². The van der Waals surface area contributed by atoms with Crippen molar-refractivity contribution in [1.29, 1.82) is 0 Å². The molecule has 6 heteroatoms. The SMILES string of the molecule is CCc1ccc(/C=c2/sc3nc(-c4cccc(Cl)c4)nn3c2=O)cc1. The maximum atomic E-state index is 12.6. The Hall–Kier alpha value is -2.50. The summed E-state index contributed by atoms with van der Waals surface area (Å²) in [5.74, 6) is 0.504. The van der Waals surface area contributed by atoms with Crippen LogP contribution in [0.15, 0.2) is 53.3 Å². The van der Waals surface area contributed by atoms with Crippen LogP contribution in [0.2, 0.25) is 5.02 Å². The van der Waals surface area contributed by atoms with Crippen molar-refractivity contribution >= 4 is 34.0 Å². The maximum Gasteiger partial charge on any atom is 0.291 e. The Morgan fingerprint density at radius 1 is 1.20 bits per heavy atom. The molecular formula is C19H14ClN3OS. The summed E-state index contributed by atoms with van der Waals surface area (Å²) in [7, 11) is 0. The van der Waals surface area contributed by atoms with Crippen LogP contribution >= 0.6 is 22.9 Å². The van der Waals surface area contributed by atoms with Crippen LogP contribution in [0, 0.1) is 0 Å². The van der Waals surface area contributed by atoms with Crippen LogP contribution in [0.4, 0.5) is 0 Å². The Kier molecular flexibility index (Phi) is 4.11. The van der Waals surface area contributed by atoms with Gasteiger partial charge in [-0.2, -0.15) is 9.50 Å². The number of thiazole rings is 1. The quantitative estimate of drug-likeness (QED) is 0.556. The fraction of sp³-hybridized carbons (Fsp3) is 0.105. The first kappa shape index (κ1) is 16.0. The highest BCUT2D eigenvalue weighted by atomic mass is 35.5. The maximum absolute atomic E-state index is 12.6. The largest absolute Gasteiger partial charge is 0.291 e. The third-order valence-electron chi connectivity index (χ3n) is 3.95. The van der Waals surface area contributed by atoms with E-state index in [9.17, 15) is 4.79 Å². The van der Waals surface area contributed by atoms with Crippen molar-refractivity contribution in [3.63, 3.8) is 0 Å². The molecule has 0 aliphatic carbocycles. The van der Waals surface area contributed by atoms with Gasteiger partial charge in [0.1, 0.15) is 0 Å². The Balaban J connectivity index is 1.77. The van der Waals surface area contributed by atoms with Crippen LogP contribution in [0.25, 0.3) is 22.4 Å². The minimum absolute atomic E-state index is 0.152. The van der Waals surface area contributed by atoms with Gasteiger partial charge in [-0.1, -0.05) is 66.3 Å². The standard InChI is InChI=1S/C19H14ClN3OS/c1-2-12-6-8-13(9-7-12)10-16-18(24)23-19(25-16)21-17(22-23)14-4-3-5-15(20)11-14/h3-11H,2H2,1H3/b16-10+. The Morgan fingerprint density at radius 2 is 2.00 bits per heavy atom. The smallest absolute Gasteiger partial charge is 0.266 e. The minimum Gasteiger partial charge on any atom is -0.266 e. The lowest BCUT2D eigenvalue weighted by atomic mass is 10.1. The molecule has 0 radical (unpaired) electrons. The van der Waals surface area contributed by atoms with Gasteiger partial charge < -0.3 is 0 Å². The molecule has 2 aromatic carbocycles. The Bertz CT molecular complexity index is 1160. The van der Waals surface area contributed by atoms with Crippen LogP contribution in [-0.4, -0.2) is 14.6 Å². The first-order chi connectivity index (χ1) is 12.1. The van der Waals surface area contributed by atoms with Gasteiger partial charge in [-0.3, -0.25) is 4.79 Å². The third kappa shape index (κ3) is 3.08. The van der Waals surface area contributed by atoms with Crippen LogP contribution < -0.4 is 10.1 Å². The Labute approximate surface area is 153 Å². The van der Waals surface area contributed by atoms with Gasteiger partial charge in [-0.25, -0.2) is 0 Å². The highest BCUT2D eigenvalue weighted by Crippen LogP contribution is 2.20. The number of rotatable bonds is 3. The lowest BCUT2D eigenvalue weighted by Gasteiger charge is -1.96. The summed E-state index contributed by atoms with van der Waals surface area (Å²) in [5, 5.41) is 4.95. The number of fused-ring (bicyclic) bond motifs is 1. The van der Waals surface area contributed by atoms with Crippen LogP contribution in [0.1, 0.15) is 18.1 Å². The summed E-state index contributed by atoms with van der Waals surface area (Å²) in [6.45, 7) is 2.12. The molecule has 2 aromatic heterocycles. The average molecular weight is 368 g/mol. The molecule has 0 unspecified atom stereocenters. The topological polar surface area (TPSA) is 47.3 Å². The highest BCUT2D eigenvalue weighted by molar-refractivity contribution is 7.15. The number of halogens is 1. The monoisotopic (exact) mass is 367 g/mol. The van der Waals surface area contributed by atoms with Gasteiger partial charge in [0.2, 0.25) is 4.96 Å². The second-order valence-electron chi connectivity index (χ2n) is 5.65. The number of aryl methyl sites for hydroxylation is 1. The molecule has 25 heavy (non-hydrogen) atoms. The molecule has 0 bridgehead atoms. The van der Waals surface area contributed by atoms with E-state index < -0.39 is 0 Å². The van der Waals surface area contributed by atoms with Crippen LogP contribution in [0.3, 0.4) is 0 Å². The molecule has 0 spiro atoms. The molecule has 124 valence electrons. The molecule has 0 fully saturated rings. The molecule has 0 saturated heterocycles. The zero-order valence-corrected chi connectivity index (χ0v) is 15.0. The lowest BCUT2D eigenvalue weighted by molar-refractivity contribution is 0.937. The van der Waals surface area contributed by atoms with Gasteiger partial charge in [0.25, 0.3) is 5.56 Å². The fourth-order valence-corrected chi connectivity index (χ4v) is 3.68. The molecule has 0 N–H and O–H groups in total. The Morgan fingerprint density at radius 3 is 2.68 bits per heavy atom. The molecule has 4 rings (SSSR count). The molecule has 0 amide bonds. The third-order valence-corrected chi connectivity index (χ3v) is 5.14. The second-order valence-corrected chi connectivity index (χ2v) is 7.10. The fourth-order valence-electron chi connectivity index (χ4n) is 2.58. The van der Waals surface area contributed by atoms with Gasteiger partial charge >= 0.3 is 0 Å². The molecule has 0 saturated carbocycles. The van der Waals surface area contributed by atoms with Gasteiger partial charge in [0, 0.05) is 10.6 Å². The van der Waals surface area contributed by atoms with E-state index in [1.165, 1.54) is 21.4 Å². The molecular weight excluding hydrogens is 354 g/mol. The van der Waals surface area contributed by atoms with Gasteiger partial charge in [0.05, 0.1) is 4.53 Å². The number of hydrogen-bond acceptors (Lipinski definition) is 4. The number of aromatic nitrogens is 3. The first-order valence-electron chi connectivity index (χ1n) is 7.90. The van der Waals surface area contributed by atoms with Gasteiger partial charge in [-0.15, -0.1) is 5.10 Å². The zero-order chi connectivity index (χ0) is 17.4. The van der Waals surface area contributed by atoms with E-state index >= 15 is 0 Å². The number of nitrogens with zero attached hydrogens (tertiary/aromatic N) is 3. The van der Waals surface area contributed by atoms with E-state index in [0.29, 0.717) is 20.3 Å². The summed E-state index contributed by atoms with van der Waals surface area (Å²) in [5.41, 5.74) is 2.91. The van der Waals surface area contributed by atoms with Crippen molar-refractivity contribution in [3.05, 3.63) is 79.6 Å². The first-order valence-corrected chi connectivity index (χ1v) is 9.09. The minimum atomic E-state index is -0.152. The van der Waals surface area contributed by atoms with Crippen molar-refractivity contribution < 1.29 is 0 Å². The number of benzene rings is 2.